The molecule has 3 unspecified atom stereocenters. The topological polar surface area (TPSA) is 24.1 Å². The first-order chi connectivity index (χ1) is 6.12. The summed E-state index contributed by atoms with van der Waals surface area (Å²) in [4.78, 5) is 0. The average Bonchev–Trinajstić information content (AvgIpc) is 2.13. The number of fused-ring (bicyclic) bond motifs is 1. The first kappa shape index (κ1) is 9.47. The van der Waals surface area contributed by atoms with E-state index < -0.39 is 0 Å². The fourth-order valence-corrected chi connectivity index (χ4v) is 2.93. The van der Waals surface area contributed by atoms with Crippen LogP contribution in [0.2, 0.25) is 0 Å². The summed E-state index contributed by atoms with van der Waals surface area (Å²) in [6.45, 7) is 7.11. The Morgan fingerprint density at radius 1 is 1.08 bits per heavy atom. The predicted molar refractivity (Wildman–Crippen MR) is 55.3 cm³/mol. The molecule has 1 saturated heterocycles. The van der Waals surface area contributed by atoms with Crippen molar-refractivity contribution >= 4 is 0 Å². The van der Waals surface area contributed by atoms with E-state index in [1.54, 1.807) is 0 Å². The quantitative estimate of drug-likeness (QED) is 0.599. The van der Waals surface area contributed by atoms with Crippen LogP contribution in [0.25, 0.3) is 0 Å². The third kappa shape index (κ3) is 1.50. The van der Waals surface area contributed by atoms with Crippen molar-refractivity contribution in [2.24, 2.45) is 11.3 Å². The summed E-state index contributed by atoms with van der Waals surface area (Å²) in [5.74, 6) is 0.873. The largest absolute Gasteiger partial charge is 0.254 e. The maximum atomic E-state index is 3.48. The zero-order valence-electron chi connectivity index (χ0n) is 9.06. The standard InChI is InChI=1S/C11H22N2/c1-8-11(2,3)9-6-4-5-7-10(9)13-12-8/h8-10,12-13H,4-7H2,1-3H3. The molecule has 0 spiro atoms. The Balaban J connectivity index is 2.14. The Labute approximate surface area is 81.4 Å². The maximum absolute atomic E-state index is 3.48. The lowest BCUT2D eigenvalue weighted by Gasteiger charge is -2.51. The summed E-state index contributed by atoms with van der Waals surface area (Å²) >= 11 is 0. The molecule has 13 heavy (non-hydrogen) atoms. The summed E-state index contributed by atoms with van der Waals surface area (Å²) in [6.07, 6.45) is 5.60. The predicted octanol–water partition coefficient (Wildman–Crippen LogP) is 2.07. The van der Waals surface area contributed by atoms with E-state index in [4.69, 9.17) is 0 Å². The molecule has 2 rings (SSSR count). The van der Waals surface area contributed by atoms with Crippen molar-refractivity contribution in [2.75, 3.05) is 0 Å². The van der Waals surface area contributed by atoms with E-state index in [0.717, 1.165) is 12.0 Å². The van der Waals surface area contributed by atoms with Gasteiger partial charge in [-0.3, -0.25) is 10.9 Å². The average molecular weight is 182 g/mol. The van der Waals surface area contributed by atoms with Crippen LogP contribution in [-0.2, 0) is 0 Å². The zero-order chi connectivity index (χ0) is 9.47. The van der Waals surface area contributed by atoms with Gasteiger partial charge in [-0.1, -0.05) is 26.7 Å². The van der Waals surface area contributed by atoms with Crippen molar-refractivity contribution in [2.45, 2.75) is 58.5 Å². The van der Waals surface area contributed by atoms with Gasteiger partial charge < -0.3 is 0 Å². The minimum atomic E-state index is 0.455. The molecule has 1 aliphatic heterocycles. The van der Waals surface area contributed by atoms with Crippen LogP contribution in [0.3, 0.4) is 0 Å². The van der Waals surface area contributed by atoms with E-state index in [2.05, 4.69) is 31.6 Å². The summed E-state index contributed by atoms with van der Waals surface area (Å²) in [7, 11) is 0. The van der Waals surface area contributed by atoms with Gasteiger partial charge in [0.2, 0.25) is 0 Å². The van der Waals surface area contributed by atoms with Crippen molar-refractivity contribution in [1.29, 1.82) is 0 Å². The van der Waals surface area contributed by atoms with Crippen molar-refractivity contribution in [1.82, 2.24) is 10.9 Å². The van der Waals surface area contributed by atoms with E-state index in [1.807, 2.05) is 0 Å². The van der Waals surface area contributed by atoms with Gasteiger partial charge in [0.05, 0.1) is 0 Å². The summed E-state index contributed by atoms with van der Waals surface area (Å²) < 4.78 is 0. The van der Waals surface area contributed by atoms with Gasteiger partial charge in [0, 0.05) is 12.1 Å². The molecule has 2 heteroatoms. The van der Waals surface area contributed by atoms with Crippen LogP contribution in [0.4, 0.5) is 0 Å². The lowest BCUT2D eigenvalue weighted by Crippen LogP contribution is -2.64. The summed E-state index contributed by atoms with van der Waals surface area (Å²) in [5.41, 5.74) is 7.35. The van der Waals surface area contributed by atoms with Gasteiger partial charge in [-0.2, -0.15) is 0 Å². The smallest absolute Gasteiger partial charge is 0.0246 e. The van der Waals surface area contributed by atoms with E-state index >= 15 is 0 Å². The van der Waals surface area contributed by atoms with E-state index in [0.29, 0.717) is 11.5 Å². The van der Waals surface area contributed by atoms with E-state index in [-0.39, 0.29) is 0 Å². The molecule has 2 fully saturated rings. The molecule has 0 aromatic heterocycles. The monoisotopic (exact) mass is 182 g/mol. The first-order valence-corrected chi connectivity index (χ1v) is 5.63. The molecule has 0 amide bonds. The van der Waals surface area contributed by atoms with Crippen molar-refractivity contribution < 1.29 is 0 Å². The molecular weight excluding hydrogens is 160 g/mol. The second kappa shape index (κ2) is 3.25. The molecule has 1 heterocycles. The second-order valence-electron chi connectivity index (χ2n) is 5.33. The third-order valence-corrected chi connectivity index (χ3v) is 4.32. The molecule has 0 bridgehead atoms. The van der Waals surface area contributed by atoms with Gasteiger partial charge in [-0.25, -0.2) is 0 Å². The number of nitrogens with one attached hydrogen (secondary N) is 2. The Morgan fingerprint density at radius 3 is 2.54 bits per heavy atom. The first-order valence-electron chi connectivity index (χ1n) is 5.63. The number of hydrazine groups is 1. The molecule has 76 valence electrons. The molecule has 0 radical (unpaired) electrons. The van der Waals surface area contributed by atoms with Crippen LogP contribution in [0.5, 0.6) is 0 Å². The fraction of sp³-hybridized carbons (Fsp3) is 1.00. The van der Waals surface area contributed by atoms with Gasteiger partial charge in [0.1, 0.15) is 0 Å². The van der Waals surface area contributed by atoms with Crippen molar-refractivity contribution in [3.05, 3.63) is 0 Å². The zero-order valence-corrected chi connectivity index (χ0v) is 9.06. The van der Waals surface area contributed by atoms with Gasteiger partial charge >= 0.3 is 0 Å². The van der Waals surface area contributed by atoms with E-state index in [9.17, 15) is 0 Å². The molecule has 0 aromatic carbocycles. The summed E-state index contributed by atoms with van der Waals surface area (Å²) in [6, 6.07) is 1.31. The fourth-order valence-electron chi connectivity index (χ4n) is 2.93. The van der Waals surface area contributed by atoms with Crippen LogP contribution >= 0.6 is 0 Å². The highest BCUT2D eigenvalue weighted by Crippen LogP contribution is 2.42. The molecule has 1 saturated carbocycles. The van der Waals surface area contributed by atoms with Gasteiger partial charge in [-0.05, 0) is 31.1 Å². The summed E-state index contributed by atoms with van der Waals surface area (Å²) in [5, 5.41) is 0. The van der Waals surface area contributed by atoms with Gasteiger partial charge in [0.25, 0.3) is 0 Å². The van der Waals surface area contributed by atoms with Crippen LogP contribution in [0.15, 0.2) is 0 Å². The normalized spacial score (nSPS) is 44.1. The lowest BCUT2D eigenvalue weighted by molar-refractivity contribution is 0.0202. The van der Waals surface area contributed by atoms with Gasteiger partial charge in [-0.15, -0.1) is 0 Å². The van der Waals surface area contributed by atoms with Crippen LogP contribution < -0.4 is 10.9 Å². The van der Waals surface area contributed by atoms with Crippen molar-refractivity contribution in [3.63, 3.8) is 0 Å². The Hall–Kier alpha value is -0.0800. The molecule has 0 aromatic rings. The van der Waals surface area contributed by atoms with Gasteiger partial charge in [0.15, 0.2) is 0 Å². The maximum Gasteiger partial charge on any atom is 0.0246 e. The molecule has 2 N–H and O–H groups in total. The van der Waals surface area contributed by atoms with Crippen LogP contribution in [0.1, 0.15) is 46.5 Å². The Bertz CT molecular complexity index is 189. The number of rotatable bonds is 0. The Kier molecular flexibility index (Phi) is 2.37. The molecule has 3 atom stereocenters. The molecule has 2 aliphatic rings. The van der Waals surface area contributed by atoms with Crippen LogP contribution in [0, 0.1) is 11.3 Å². The number of hydrogen-bond acceptors (Lipinski definition) is 2. The van der Waals surface area contributed by atoms with E-state index in [1.165, 1.54) is 25.7 Å². The highest BCUT2D eigenvalue weighted by molar-refractivity contribution is 4.97. The second-order valence-corrected chi connectivity index (χ2v) is 5.33. The highest BCUT2D eigenvalue weighted by Gasteiger charge is 2.43. The SMILES string of the molecule is CC1NNC2CCCCC2C1(C)C. The minimum Gasteiger partial charge on any atom is -0.254 e. The molecular formula is C11H22N2. The Morgan fingerprint density at radius 2 is 1.77 bits per heavy atom. The minimum absolute atomic E-state index is 0.455. The molecule has 2 nitrogen and oxygen atoms in total. The van der Waals surface area contributed by atoms with Crippen molar-refractivity contribution in [3.8, 4) is 0 Å². The molecule has 1 aliphatic carbocycles. The lowest BCUT2D eigenvalue weighted by atomic mass is 9.64. The van der Waals surface area contributed by atoms with Crippen LogP contribution in [-0.4, -0.2) is 12.1 Å². The highest BCUT2D eigenvalue weighted by atomic mass is 15.4. The number of hydrogen-bond donors (Lipinski definition) is 2. The third-order valence-electron chi connectivity index (χ3n) is 4.32.